The van der Waals surface area contributed by atoms with Crippen molar-refractivity contribution < 1.29 is 0 Å². The highest BCUT2D eigenvalue weighted by Gasteiger charge is 2.13. The third kappa shape index (κ3) is 5.34. The maximum absolute atomic E-state index is 6.00. The summed E-state index contributed by atoms with van der Waals surface area (Å²) in [5.74, 6) is 1.37. The molecule has 6 heteroatoms. The molecule has 0 spiro atoms. The fourth-order valence-electron chi connectivity index (χ4n) is 3.09. The minimum Gasteiger partial charge on any atom is -0.366 e. The quantitative estimate of drug-likeness (QED) is 0.763. The molecular weight excluding hydrogens is 322 g/mol. The van der Waals surface area contributed by atoms with Crippen LogP contribution in [0.25, 0.3) is 0 Å². The van der Waals surface area contributed by atoms with Crippen LogP contribution in [0, 0.1) is 0 Å². The molecule has 1 saturated carbocycles. The molecule has 1 fully saturated rings. The zero-order chi connectivity index (χ0) is 16.6. The van der Waals surface area contributed by atoms with Gasteiger partial charge in [0.25, 0.3) is 0 Å². The van der Waals surface area contributed by atoms with E-state index in [1.807, 2.05) is 18.2 Å². The molecule has 2 aromatic rings. The van der Waals surface area contributed by atoms with E-state index in [4.69, 9.17) is 11.6 Å². The van der Waals surface area contributed by atoms with Crippen LogP contribution >= 0.6 is 11.6 Å². The van der Waals surface area contributed by atoms with Crippen molar-refractivity contribution in [3.63, 3.8) is 0 Å². The smallest absolute Gasteiger partial charge is 0.244 e. The Bertz CT molecular complexity index is 641. The normalized spacial score (nSPS) is 15.7. The van der Waals surface area contributed by atoms with E-state index in [1.54, 1.807) is 6.20 Å². The van der Waals surface area contributed by atoms with Gasteiger partial charge in [-0.2, -0.15) is 10.1 Å². The van der Waals surface area contributed by atoms with Crippen molar-refractivity contribution >= 4 is 23.4 Å². The molecule has 0 aliphatic heterocycles. The van der Waals surface area contributed by atoms with E-state index in [1.165, 1.54) is 44.1 Å². The molecule has 0 atom stereocenters. The maximum atomic E-state index is 6.00. The first kappa shape index (κ1) is 17.0. The van der Waals surface area contributed by atoms with Crippen LogP contribution in [0.4, 0.5) is 11.8 Å². The van der Waals surface area contributed by atoms with Crippen molar-refractivity contribution in [3.05, 3.63) is 41.0 Å². The molecule has 128 valence electrons. The predicted octanol–water partition coefficient (Wildman–Crippen LogP) is 4.31. The van der Waals surface area contributed by atoms with E-state index < -0.39 is 0 Å². The first-order valence-electron chi connectivity index (χ1n) is 8.74. The molecule has 3 rings (SSSR count). The van der Waals surface area contributed by atoms with Gasteiger partial charge in [-0.05, 0) is 37.0 Å². The van der Waals surface area contributed by atoms with Crippen LogP contribution in [0.15, 0.2) is 30.5 Å². The lowest BCUT2D eigenvalue weighted by molar-refractivity contribution is 0.616. The van der Waals surface area contributed by atoms with Gasteiger partial charge in [0, 0.05) is 17.6 Å². The van der Waals surface area contributed by atoms with E-state index in [-0.39, 0.29) is 0 Å². The number of nitrogens with zero attached hydrogens (tertiary/aromatic N) is 3. The number of halogens is 1. The summed E-state index contributed by atoms with van der Waals surface area (Å²) in [6.45, 7) is 0.745. The molecule has 5 nitrogen and oxygen atoms in total. The summed E-state index contributed by atoms with van der Waals surface area (Å²) >= 11 is 6.00. The molecule has 0 unspecified atom stereocenters. The van der Waals surface area contributed by atoms with Gasteiger partial charge in [-0.1, -0.05) is 49.4 Å². The van der Waals surface area contributed by atoms with Crippen LogP contribution in [0.1, 0.15) is 44.1 Å². The Labute approximate surface area is 148 Å². The summed E-state index contributed by atoms with van der Waals surface area (Å²) < 4.78 is 0. The summed E-state index contributed by atoms with van der Waals surface area (Å²) in [5.41, 5.74) is 1.19. The van der Waals surface area contributed by atoms with Gasteiger partial charge in [0.15, 0.2) is 5.82 Å². The van der Waals surface area contributed by atoms with Gasteiger partial charge >= 0.3 is 0 Å². The van der Waals surface area contributed by atoms with Gasteiger partial charge in [-0.3, -0.25) is 0 Å². The number of nitrogens with one attached hydrogen (secondary N) is 2. The average molecular weight is 346 g/mol. The molecule has 1 aromatic heterocycles. The molecular formula is C18H24ClN5. The summed E-state index contributed by atoms with van der Waals surface area (Å²) in [5, 5.41) is 15.6. The largest absolute Gasteiger partial charge is 0.366 e. The third-order valence-corrected chi connectivity index (χ3v) is 4.59. The Morgan fingerprint density at radius 3 is 2.75 bits per heavy atom. The topological polar surface area (TPSA) is 62.7 Å². The number of benzene rings is 1. The Balaban J connectivity index is 1.51. The van der Waals surface area contributed by atoms with Crippen LogP contribution in [-0.4, -0.2) is 27.8 Å². The highest BCUT2D eigenvalue weighted by atomic mass is 35.5. The Hall–Kier alpha value is -1.88. The predicted molar refractivity (Wildman–Crippen MR) is 98.6 cm³/mol. The van der Waals surface area contributed by atoms with E-state index >= 15 is 0 Å². The fraction of sp³-hybridized carbons (Fsp3) is 0.500. The number of rotatable bonds is 6. The maximum Gasteiger partial charge on any atom is 0.244 e. The zero-order valence-electron chi connectivity index (χ0n) is 13.8. The second-order valence-corrected chi connectivity index (χ2v) is 6.74. The summed E-state index contributed by atoms with van der Waals surface area (Å²) in [7, 11) is 0. The van der Waals surface area contributed by atoms with Gasteiger partial charge in [0.2, 0.25) is 5.95 Å². The fourth-order valence-corrected chi connectivity index (χ4v) is 3.30. The highest BCUT2D eigenvalue weighted by Crippen LogP contribution is 2.20. The number of anilines is 2. The lowest BCUT2D eigenvalue weighted by atomic mass is 10.1. The Morgan fingerprint density at radius 1 is 1.12 bits per heavy atom. The minimum atomic E-state index is 0.503. The monoisotopic (exact) mass is 345 g/mol. The highest BCUT2D eigenvalue weighted by molar-refractivity contribution is 6.30. The first-order chi connectivity index (χ1) is 11.8. The zero-order valence-corrected chi connectivity index (χ0v) is 14.6. The minimum absolute atomic E-state index is 0.503. The molecule has 0 amide bonds. The van der Waals surface area contributed by atoms with E-state index in [0.717, 1.165) is 23.8 Å². The Morgan fingerprint density at radius 2 is 1.96 bits per heavy atom. The standard InChI is InChI=1S/C18H24ClN5/c19-15-7-5-6-14(12-15)10-11-20-18-23-17(13-21-24-18)22-16-8-3-1-2-4-9-16/h5-7,12-13,16H,1-4,8-11H2,(H2,20,22,23,24). The summed E-state index contributed by atoms with van der Waals surface area (Å²) in [6.07, 6.45) is 10.3. The molecule has 1 aliphatic rings. The molecule has 0 saturated heterocycles. The van der Waals surface area contributed by atoms with Crippen LogP contribution < -0.4 is 10.6 Å². The molecule has 2 N–H and O–H groups in total. The van der Waals surface area contributed by atoms with Crippen LogP contribution in [0.3, 0.4) is 0 Å². The Kier molecular flexibility index (Phi) is 6.24. The number of hydrogen-bond acceptors (Lipinski definition) is 5. The lowest BCUT2D eigenvalue weighted by Crippen LogP contribution is -2.20. The second kappa shape index (κ2) is 8.83. The molecule has 0 bridgehead atoms. The van der Waals surface area contributed by atoms with Gasteiger partial charge in [0.1, 0.15) is 0 Å². The second-order valence-electron chi connectivity index (χ2n) is 6.30. The molecule has 0 radical (unpaired) electrons. The van der Waals surface area contributed by atoms with Gasteiger partial charge in [-0.15, -0.1) is 5.10 Å². The van der Waals surface area contributed by atoms with Crippen molar-refractivity contribution in [3.8, 4) is 0 Å². The van der Waals surface area contributed by atoms with Crippen molar-refractivity contribution in [1.82, 2.24) is 15.2 Å². The molecule has 1 aliphatic carbocycles. The number of hydrogen-bond donors (Lipinski definition) is 2. The van der Waals surface area contributed by atoms with E-state index in [2.05, 4.69) is 31.9 Å². The SMILES string of the molecule is Clc1cccc(CCNc2nncc(NC3CCCCCC3)n2)c1. The van der Waals surface area contributed by atoms with Crippen molar-refractivity contribution in [2.24, 2.45) is 0 Å². The third-order valence-electron chi connectivity index (χ3n) is 4.35. The van der Waals surface area contributed by atoms with E-state index in [0.29, 0.717) is 12.0 Å². The van der Waals surface area contributed by atoms with Crippen molar-refractivity contribution in [2.75, 3.05) is 17.2 Å². The summed E-state index contributed by atoms with van der Waals surface area (Å²) in [4.78, 5) is 4.52. The van der Waals surface area contributed by atoms with Gasteiger partial charge in [-0.25, -0.2) is 0 Å². The van der Waals surface area contributed by atoms with E-state index in [9.17, 15) is 0 Å². The molecule has 1 aromatic carbocycles. The van der Waals surface area contributed by atoms with Crippen molar-refractivity contribution in [1.29, 1.82) is 0 Å². The number of aromatic nitrogens is 3. The van der Waals surface area contributed by atoms with Gasteiger partial charge < -0.3 is 10.6 Å². The first-order valence-corrected chi connectivity index (χ1v) is 9.12. The van der Waals surface area contributed by atoms with Crippen LogP contribution in [0.2, 0.25) is 5.02 Å². The van der Waals surface area contributed by atoms with Crippen LogP contribution in [0.5, 0.6) is 0 Å². The van der Waals surface area contributed by atoms with Crippen LogP contribution in [-0.2, 0) is 6.42 Å². The molecule has 1 heterocycles. The van der Waals surface area contributed by atoms with Crippen molar-refractivity contribution in [2.45, 2.75) is 51.0 Å². The van der Waals surface area contributed by atoms with Gasteiger partial charge in [0.05, 0.1) is 6.20 Å². The summed E-state index contributed by atoms with van der Waals surface area (Å²) in [6, 6.07) is 8.40. The average Bonchev–Trinajstić information content (AvgIpc) is 2.84. The lowest BCUT2D eigenvalue weighted by Gasteiger charge is -2.16. The molecule has 24 heavy (non-hydrogen) atoms.